The Bertz CT molecular complexity index is 834. The highest BCUT2D eigenvalue weighted by Gasteiger charge is 2.40. The predicted molar refractivity (Wildman–Crippen MR) is 94.9 cm³/mol. The molecule has 1 aromatic carbocycles. The highest BCUT2D eigenvalue weighted by atomic mass is 16.6. The van der Waals surface area contributed by atoms with E-state index in [4.69, 9.17) is 13.9 Å². The molecule has 0 amide bonds. The number of fused-ring (bicyclic) bond motifs is 3. The van der Waals surface area contributed by atoms with Crippen LogP contribution in [0.1, 0.15) is 52.0 Å². The summed E-state index contributed by atoms with van der Waals surface area (Å²) in [6.45, 7) is 5.91. The molecule has 2 aromatic rings. The Labute approximate surface area is 146 Å². The number of rotatable bonds is 5. The number of hydrogen-bond donors (Lipinski definition) is 0. The van der Waals surface area contributed by atoms with Gasteiger partial charge in [0.25, 0.3) is 0 Å². The second kappa shape index (κ2) is 6.90. The number of esters is 1. The van der Waals surface area contributed by atoms with Crippen LogP contribution in [0.15, 0.2) is 33.5 Å². The highest BCUT2D eigenvalue weighted by molar-refractivity contribution is 5.82. The fraction of sp³-hybridized carbons (Fsp3) is 0.500. The minimum absolute atomic E-state index is 0.208. The van der Waals surface area contributed by atoms with Crippen LogP contribution in [0.2, 0.25) is 0 Å². The number of ether oxygens (including phenoxy) is 2. The molecule has 0 aliphatic carbocycles. The molecule has 5 nitrogen and oxygen atoms in total. The van der Waals surface area contributed by atoms with Crippen LogP contribution in [0.3, 0.4) is 0 Å². The molecule has 0 fully saturated rings. The van der Waals surface area contributed by atoms with E-state index in [0.29, 0.717) is 24.2 Å². The van der Waals surface area contributed by atoms with Gasteiger partial charge in [-0.3, -0.25) is 4.79 Å². The lowest BCUT2D eigenvalue weighted by Gasteiger charge is -2.39. The molecule has 134 valence electrons. The Morgan fingerprint density at radius 2 is 2.00 bits per heavy atom. The molecule has 1 aliphatic rings. The van der Waals surface area contributed by atoms with Crippen LogP contribution < -0.4 is 10.4 Å². The van der Waals surface area contributed by atoms with Crippen molar-refractivity contribution in [3.05, 3.63) is 40.2 Å². The second-order valence-electron chi connectivity index (χ2n) is 7.06. The zero-order chi connectivity index (χ0) is 18.0. The molecular formula is C20H24O5. The van der Waals surface area contributed by atoms with E-state index in [0.717, 1.165) is 30.2 Å². The standard InChI is InChI=1S/C20H24O5/c1-4-5-6-7-17(21)23-16-12-14-15(25-20(16,2)3)10-8-13-9-11-18(22)24-19(13)14/h8-11,16H,4-7,12H2,1-3H3/t16-/m1/s1. The molecule has 1 aromatic heterocycles. The molecule has 0 spiro atoms. The third-order valence-electron chi connectivity index (χ3n) is 4.65. The summed E-state index contributed by atoms with van der Waals surface area (Å²) < 4.78 is 17.2. The lowest BCUT2D eigenvalue weighted by Crippen LogP contribution is -2.48. The first-order valence-electron chi connectivity index (χ1n) is 8.85. The Kier molecular flexibility index (Phi) is 4.84. The zero-order valence-electron chi connectivity index (χ0n) is 15.0. The van der Waals surface area contributed by atoms with Crippen molar-refractivity contribution in [1.82, 2.24) is 0 Å². The Hall–Kier alpha value is -2.30. The third-order valence-corrected chi connectivity index (χ3v) is 4.65. The Balaban J connectivity index is 1.87. The van der Waals surface area contributed by atoms with E-state index in [1.807, 2.05) is 26.0 Å². The lowest BCUT2D eigenvalue weighted by atomic mass is 9.90. The van der Waals surface area contributed by atoms with Gasteiger partial charge < -0.3 is 13.9 Å². The maximum Gasteiger partial charge on any atom is 0.336 e. The van der Waals surface area contributed by atoms with E-state index in [2.05, 4.69) is 6.92 Å². The van der Waals surface area contributed by atoms with E-state index in [1.54, 1.807) is 6.07 Å². The average Bonchev–Trinajstić information content (AvgIpc) is 2.55. The van der Waals surface area contributed by atoms with Gasteiger partial charge in [-0.05, 0) is 38.5 Å². The number of unbranched alkanes of at least 4 members (excludes halogenated alkanes) is 2. The van der Waals surface area contributed by atoms with Crippen LogP contribution in [0.25, 0.3) is 11.0 Å². The van der Waals surface area contributed by atoms with Crippen LogP contribution >= 0.6 is 0 Å². The van der Waals surface area contributed by atoms with Crippen molar-refractivity contribution in [2.45, 2.75) is 64.6 Å². The van der Waals surface area contributed by atoms with Gasteiger partial charge in [0.05, 0.1) is 0 Å². The molecule has 0 bridgehead atoms. The van der Waals surface area contributed by atoms with Gasteiger partial charge in [0, 0.05) is 29.9 Å². The summed E-state index contributed by atoms with van der Waals surface area (Å²) in [5.41, 5.74) is 0.239. The summed E-state index contributed by atoms with van der Waals surface area (Å²) in [6, 6.07) is 6.86. The monoisotopic (exact) mass is 344 g/mol. The van der Waals surface area contributed by atoms with E-state index in [9.17, 15) is 9.59 Å². The number of carbonyl (C=O) groups is 1. The normalized spacial score (nSPS) is 18.4. The SMILES string of the molecule is CCCCCC(=O)O[C@@H]1Cc2c(ccc3ccc(=O)oc23)OC1(C)C. The van der Waals surface area contributed by atoms with Gasteiger partial charge in [-0.15, -0.1) is 0 Å². The van der Waals surface area contributed by atoms with Gasteiger partial charge in [-0.2, -0.15) is 0 Å². The highest BCUT2D eigenvalue weighted by Crippen LogP contribution is 2.38. The number of hydrogen-bond acceptors (Lipinski definition) is 5. The third kappa shape index (κ3) is 3.70. The van der Waals surface area contributed by atoms with Gasteiger partial charge in [-0.1, -0.05) is 19.8 Å². The average molecular weight is 344 g/mol. The summed E-state index contributed by atoms with van der Waals surface area (Å²) in [5, 5.41) is 0.828. The van der Waals surface area contributed by atoms with Crippen LogP contribution in [-0.2, 0) is 16.0 Å². The van der Waals surface area contributed by atoms with Gasteiger partial charge >= 0.3 is 11.6 Å². The first-order valence-corrected chi connectivity index (χ1v) is 8.85. The molecule has 5 heteroatoms. The number of benzene rings is 1. The molecule has 0 unspecified atom stereocenters. The quantitative estimate of drug-likeness (QED) is 0.466. The predicted octanol–water partition coefficient (Wildman–Crippen LogP) is 4.00. The van der Waals surface area contributed by atoms with Crippen molar-refractivity contribution in [1.29, 1.82) is 0 Å². The smallest absolute Gasteiger partial charge is 0.336 e. The van der Waals surface area contributed by atoms with E-state index in [-0.39, 0.29) is 5.97 Å². The minimum Gasteiger partial charge on any atom is -0.484 e. The maximum absolute atomic E-state index is 12.2. The summed E-state index contributed by atoms with van der Waals surface area (Å²) in [4.78, 5) is 23.8. The van der Waals surface area contributed by atoms with Crippen LogP contribution in [0.5, 0.6) is 5.75 Å². The van der Waals surface area contributed by atoms with Crippen molar-refractivity contribution in [3.63, 3.8) is 0 Å². The Morgan fingerprint density at radius 1 is 1.24 bits per heavy atom. The first-order chi connectivity index (χ1) is 11.9. The second-order valence-corrected chi connectivity index (χ2v) is 7.06. The topological polar surface area (TPSA) is 65.7 Å². The van der Waals surface area contributed by atoms with Crippen LogP contribution in [0.4, 0.5) is 0 Å². The minimum atomic E-state index is -0.643. The summed E-state index contributed by atoms with van der Waals surface area (Å²) in [6.07, 6.45) is 3.36. The summed E-state index contributed by atoms with van der Waals surface area (Å²) >= 11 is 0. The molecule has 1 atom stereocenters. The summed E-state index contributed by atoms with van der Waals surface area (Å²) in [7, 11) is 0. The van der Waals surface area contributed by atoms with Gasteiger partial charge in [-0.25, -0.2) is 4.79 Å². The van der Waals surface area contributed by atoms with Crippen LogP contribution in [-0.4, -0.2) is 17.7 Å². The van der Waals surface area contributed by atoms with E-state index >= 15 is 0 Å². The molecule has 0 N–H and O–H groups in total. The van der Waals surface area contributed by atoms with Crippen molar-refractivity contribution in [2.75, 3.05) is 0 Å². The van der Waals surface area contributed by atoms with Crippen LogP contribution in [0, 0.1) is 0 Å². The summed E-state index contributed by atoms with van der Waals surface area (Å²) in [5.74, 6) is 0.463. The largest absolute Gasteiger partial charge is 0.484 e. The molecule has 0 radical (unpaired) electrons. The zero-order valence-corrected chi connectivity index (χ0v) is 15.0. The maximum atomic E-state index is 12.2. The van der Waals surface area contributed by atoms with Crippen molar-refractivity contribution < 1.29 is 18.7 Å². The fourth-order valence-corrected chi connectivity index (χ4v) is 3.16. The first kappa shape index (κ1) is 17.5. The van der Waals surface area contributed by atoms with Gasteiger partial charge in [0.15, 0.2) is 0 Å². The van der Waals surface area contributed by atoms with E-state index < -0.39 is 17.3 Å². The van der Waals surface area contributed by atoms with Gasteiger partial charge in [0.1, 0.15) is 23.0 Å². The molecule has 25 heavy (non-hydrogen) atoms. The van der Waals surface area contributed by atoms with Crippen molar-refractivity contribution in [2.24, 2.45) is 0 Å². The Morgan fingerprint density at radius 3 is 2.76 bits per heavy atom. The molecule has 0 saturated carbocycles. The molecule has 3 rings (SSSR count). The number of carbonyl (C=O) groups excluding carboxylic acids is 1. The van der Waals surface area contributed by atoms with Gasteiger partial charge in [0.2, 0.25) is 0 Å². The molecular weight excluding hydrogens is 320 g/mol. The van der Waals surface area contributed by atoms with Crippen molar-refractivity contribution >= 4 is 16.9 Å². The fourth-order valence-electron chi connectivity index (χ4n) is 3.16. The lowest BCUT2D eigenvalue weighted by molar-refractivity contribution is -0.161. The molecule has 1 aliphatic heterocycles. The molecule has 0 saturated heterocycles. The van der Waals surface area contributed by atoms with Crippen molar-refractivity contribution in [3.8, 4) is 5.75 Å². The van der Waals surface area contributed by atoms with E-state index in [1.165, 1.54) is 6.07 Å². The molecule has 2 heterocycles.